The van der Waals surface area contributed by atoms with E-state index in [9.17, 15) is 19.5 Å². The fraction of sp³-hybridized carbons (Fsp3) is 0.300. The molecule has 2 N–H and O–H groups in total. The molecule has 0 radical (unpaired) electrons. The van der Waals surface area contributed by atoms with E-state index in [1.165, 1.54) is 16.8 Å². The lowest BCUT2D eigenvalue weighted by molar-refractivity contribution is 0.0522. The number of anilines is 1. The highest BCUT2D eigenvalue weighted by Crippen LogP contribution is 2.24. The molecule has 0 spiro atoms. The highest BCUT2D eigenvalue weighted by Gasteiger charge is 2.21. The van der Waals surface area contributed by atoms with Crippen molar-refractivity contribution in [3.05, 3.63) is 64.0 Å². The van der Waals surface area contributed by atoms with Crippen molar-refractivity contribution in [1.82, 2.24) is 9.55 Å². The number of nitrogens with zero attached hydrogens (tertiary/aromatic N) is 2. The number of benzene rings is 1. The van der Waals surface area contributed by atoms with E-state index in [1.807, 2.05) is 0 Å². The number of aromatic carboxylic acids is 1. The molecule has 28 heavy (non-hydrogen) atoms. The van der Waals surface area contributed by atoms with Crippen molar-refractivity contribution in [2.75, 3.05) is 11.9 Å². The van der Waals surface area contributed by atoms with Gasteiger partial charge in [-0.15, -0.1) is 0 Å². The summed E-state index contributed by atoms with van der Waals surface area (Å²) in [7, 11) is 0. The van der Waals surface area contributed by atoms with Crippen LogP contribution in [0.3, 0.4) is 0 Å². The smallest absolute Gasteiger partial charge is 0.345 e. The Labute approximate surface area is 161 Å². The number of esters is 1. The molecule has 0 saturated heterocycles. The number of rotatable bonds is 5. The number of carboxylic acid groups (broad SMARTS) is 1. The van der Waals surface area contributed by atoms with Crippen molar-refractivity contribution < 1.29 is 19.4 Å². The van der Waals surface area contributed by atoms with Crippen LogP contribution in [-0.4, -0.2) is 33.2 Å². The van der Waals surface area contributed by atoms with Crippen LogP contribution in [0.5, 0.6) is 0 Å². The molecule has 2 heterocycles. The number of allylic oxidation sites excluding steroid dienone is 1. The molecule has 0 bridgehead atoms. The summed E-state index contributed by atoms with van der Waals surface area (Å²) in [6.07, 6.45) is 5.20. The molecule has 0 atom stereocenters. The number of carbonyl (C=O) groups is 2. The number of para-hydroxylation sites is 1. The molecule has 8 heteroatoms. The number of carbonyl (C=O) groups excluding carboxylic acids is 1. The molecule has 146 valence electrons. The first-order valence-electron chi connectivity index (χ1n) is 9.08. The lowest BCUT2D eigenvalue weighted by atomic mass is 10.1. The molecule has 3 rings (SSSR count). The molecular weight excluding hydrogens is 362 g/mol. The largest absolute Gasteiger partial charge is 0.478 e. The Hall–Kier alpha value is -3.42. The minimum Gasteiger partial charge on any atom is -0.478 e. The minimum atomic E-state index is -1.03. The Bertz CT molecular complexity index is 994. The molecule has 0 saturated carbocycles. The molecule has 1 aliphatic heterocycles. The highest BCUT2D eigenvalue weighted by molar-refractivity contribution is 5.94. The third-order valence-corrected chi connectivity index (χ3v) is 4.47. The van der Waals surface area contributed by atoms with Gasteiger partial charge in [0.25, 0.3) is 5.56 Å². The van der Waals surface area contributed by atoms with E-state index in [0.29, 0.717) is 24.5 Å². The van der Waals surface area contributed by atoms with Gasteiger partial charge in [0.2, 0.25) is 0 Å². The monoisotopic (exact) mass is 383 g/mol. The van der Waals surface area contributed by atoms with Crippen molar-refractivity contribution >= 4 is 23.2 Å². The summed E-state index contributed by atoms with van der Waals surface area (Å²) in [5.41, 5.74) is 0.850. The summed E-state index contributed by atoms with van der Waals surface area (Å²) in [6, 6.07) is 6.57. The molecule has 0 amide bonds. The van der Waals surface area contributed by atoms with Crippen LogP contribution in [0.25, 0.3) is 5.57 Å². The molecule has 2 aromatic rings. The van der Waals surface area contributed by atoms with Gasteiger partial charge in [-0.05, 0) is 38.3 Å². The highest BCUT2D eigenvalue weighted by atomic mass is 16.5. The Morgan fingerprint density at radius 3 is 2.82 bits per heavy atom. The SMILES string of the molecule is CCOC(=O)c1cnc2n(c1=O)CCCC/C2=C\Nc1ccccc1C(=O)O. The van der Waals surface area contributed by atoms with Crippen molar-refractivity contribution in [3.63, 3.8) is 0 Å². The summed E-state index contributed by atoms with van der Waals surface area (Å²) in [4.78, 5) is 40.4. The number of carboxylic acids is 1. The number of fused-ring (bicyclic) bond motifs is 1. The molecule has 0 aliphatic carbocycles. The summed E-state index contributed by atoms with van der Waals surface area (Å²) < 4.78 is 6.41. The molecule has 8 nitrogen and oxygen atoms in total. The first-order valence-corrected chi connectivity index (χ1v) is 9.08. The van der Waals surface area contributed by atoms with Crippen LogP contribution < -0.4 is 10.9 Å². The van der Waals surface area contributed by atoms with Crippen molar-refractivity contribution in [2.24, 2.45) is 0 Å². The topological polar surface area (TPSA) is 111 Å². The number of hydrogen-bond acceptors (Lipinski definition) is 6. The Morgan fingerprint density at radius 1 is 1.29 bits per heavy atom. The average molecular weight is 383 g/mol. The van der Waals surface area contributed by atoms with E-state index in [0.717, 1.165) is 18.4 Å². The van der Waals surface area contributed by atoms with Crippen LogP contribution in [0.15, 0.2) is 41.5 Å². The van der Waals surface area contributed by atoms with Crippen LogP contribution >= 0.6 is 0 Å². The standard InChI is InChI=1S/C20H21N3O5/c1-2-28-20(27)15-12-22-17-13(7-5-6-10-23(17)18(15)24)11-21-16-9-4-3-8-14(16)19(25)26/h3-4,8-9,11-12,21H,2,5-7,10H2,1H3,(H,25,26)/b13-11+. The van der Waals surface area contributed by atoms with E-state index >= 15 is 0 Å². The lowest BCUT2D eigenvalue weighted by Crippen LogP contribution is -2.30. The van der Waals surface area contributed by atoms with Crippen LogP contribution in [0, 0.1) is 0 Å². The van der Waals surface area contributed by atoms with Gasteiger partial charge in [-0.2, -0.15) is 0 Å². The van der Waals surface area contributed by atoms with Gasteiger partial charge in [0.15, 0.2) is 0 Å². The van der Waals surface area contributed by atoms with E-state index < -0.39 is 17.5 Å². The predicted molar refractivity (Wildman–Crippen MR) is 103 cm³/mol. The predicted octanol–water partition coefficient (Wildman–Crippen LogP) is 2.76. The van der Waals surface area contributed by atoms with Crippen LogP contribution in [0.1, 0.15) is 52.7 Å². The maximum absolute atomic E-state index is 12.7. The van der Waals surface area contributed by atoms with E-state index in [4.69, 9.17) is 4.74 Å². The first kappa shape index (κ1) is 19.3. The van der Waals surface area contributed by atoms with Gasteiger partial charge < -0.3 is 15.2 Å². The zero-order valence-electron chi connectivity index (χ0n) is 15.5. The fourth-order valence-electron chi connectivity index (χ4n) is 3.10. The summed E-state index contributed by atoms with van der Waals surface area (Å²) in [5.74, 6) is -1.24. The molecule has 1 aromatic carbocycles. The van der Waals surface area contributed by atoms with Crippen LogP contribution in [-0.2, 0) is 11.3 Å². The van der Waals surface area contributed by atoms with E-state index in [-0.39, 0.29) is 17.7 Å². The maximum atomic E-state index is 12.7. The zero-order valence-corrected chi connectivity index (χ0v) is 15.5. The van der Waals surface area contributed by atoms with Gasteiger partial charge >= 0.3 is 11.9 Å². The second-order valence-electron chi connectivity index (χ2n) is 6.29. The second kappa shape index (κ2) is 8.51. The molecule has 0 unspecified atom stereocenters. The van der Waals surface area contributed by atoms with Crippen molar-refractivity contribution in [2.45, 2.75) is 32.7 Å². The van der Waals surface area contributed by atoms with Crippen molar-refractivity contribution in [3.8, 4) is 0 Å². The first-order chi connectivity index (χ1) is 13.5. The third kappa shape index (κ3) is 3.95. The van der Waals surface area contributed by atoms with E-state index in [2.05, 4.69) is 10.3 Å². The molecule has 1 aromatic heterocycles. The summed E-state index contributed by atoms with van der Waals surface area (Å²) >= 11 is 0. The van der Waals surface area contributed by atoms with Crippen LogP contribution in [0.4, 0.5) is 5.69 Å². The third-order valence-electron chi connectivity index (χ3n) is 4.47. The summed E-state index contributed by atoms with van der Waals surface area (Å²) in [5, 5.41) is 12.3. The maximum Gasteiger partial charge on any atom is 0.345 e. The molecule has 0 fully saturated rings. The normalized spacial score (nSPS) is 14.8. The lowest BCUT2D eigenvalue weighted by Gasteiger charge is -2.13. The quantitative estimate of drug-likeness (QED) is 0.764. The van der Waals surface area contributed by atoms with Gasteiger partial charge in [-0.3, -0.25) is 9.36 Å². The fourth-order valence-corrected chi connectivity index (χ4v) is 3.10. The van der Waals surface area contributed by atoms with Gasteiger partial charge in [-0.1, -0.05) is 12.1 Å². The Morgan fingerprint density at radius 2 is 2.07 bits per heavy atom. The van der Waals surface area contributed by atoms with Gasteiger partial charge in [-0.25, -0.2) is 14.6 Å². The number of aromatic nitrogens is 2. The van der Waals surface area contributed by atoms with Gasteiger partial charge in [0.05, 0.1) is 17.9 Å². The van der Waals surface area contributed by atoms with Crippen molar-refractivity contribution in [1.29, 1.82) is 0 Å². The zero-order chi connectivity index (χ0) is 20.1. The van der Waals surface area contributed by atoms with Gasteiger partial charge in [0.1, 0.15) is 11.4 Å². The second-order valence-corrected chi connectivity index (χ2v) is 6.29. The van der Waals surface area contributed by atoms with Crippen LogP contribution in [0.2, 0.25) is 0 Å². The molecular formula is C20H21N3O5. The Kier molecular flexibility index (Phi) is 5.88. The molecule has 1 aliphatic rings. The minimum absolute atomic E-state index is 0.0870. The number of ether oxygens (including phenoxy) is 1. The number of hydrogen-bond donors (Lipinski definition) is 2. The Balaban J connectivity index is 1.98. The average Bonchev–Trinajstić information content (AvgIpc) is 2.89. The van der Waals surface area contributed by atoms with Gasteiger partial charge in [0, 0.05) is 24.5 Å². The number of nitrogens with one attached hydrogen (secondary N) is 1. The van der Waals surface area contributed by atoms with E-state index in [1.54, 1.807) is 31.3 Å². The summed E-state index contributed by atoms with van der Waals surface area (Å²) in [6.45, 7) is 2.31.